The van der Waals surface area contributed by atoms with Crippen LogP contribution in [0, 0.1) is 0 Å². The molecule has 0 saturated carbocycles. The van der Waals surface area contributed by atoms with Crippen molar-refractivity contribution in [1.29, 1.82) is 0 Å². The van der Waals surface area contributed by atoms with Gasteiger partial charge in [0.05, 0.1) is 39.2 Å². The highest BCUT2D eigenvalue weighted by atomic mass is 16.5. The Hall–Kier alpha value is -3.00. The number of fused-ring (bicyclic) bond motifs is 2. The van der Waals surface area contributed by atoms with Crippen LogP contribution in [0.15, 0.2) is 30.5 Å². The molecule has 2 aromatic heterocycles. The number of nitrogens with one attached hydrogen (secondary N) is 1. The molecule has 5 rings (SSSR count). The van der Waals surface area contributed by atoms with Gasteiger partial charge in [-0.25, -0.2) is 4.98 Å². The van der Waals surface area contributed by atoms with Crippen molar-refractivity contribution in [2.45, 2.75) is 18.9 Å². The normalized spacial score (nSPS) is 16.8. The van der Waals surface area contributed by atoms with Crippen LogP contribution in [0.2, 0.25) is 0 Å². The largest absolute Gasteiger partial charge is 0.493 e. The van der Waals surface area contributed by atoms with Gasteiger partial charge >= 0.3 is 0 Å². The van der Waals surface area contributed by atoms with E-state index in [9.17, 15) is 0 Å². The molecule has 1 fully saturated rings. The minimum Gasteiger partial charge on any atom is -0.493 e. The first-order valence-corrected chi connectivity index (χ1v) is 9.96. The Morgan fingerprint density at radius 2 is 1.86 bits per heavy atom. The molecule has 0 aliphatic carbocycles. The molecular formula is C21H25N5O3. The van der Waals surface area contributed by atoms with Gasteiger partial charge in [0.15, 0.2) is 17.1 Å². The summed E-state index contributed by atoms with van der Waals surface area (Å²) < 4.78 is 18.8. The first kappa shape index (κ1) is 18.1. The average Bonchev–Trinajstić information content (AvgIpc) is 3.05. The van der Waals surface area contributed by atoms with Crippen LogP contribution in [-0.4, -0.2) is 61.1 Å². The number of ether oxygens (including phenoxy) is 3. The summed E-state index contributed by atoms with van der Waals surface area (Å²) in [7, 11) is 3.26. The lowest BCUT2D eigenvalue weighted by molar-refractivity contribution is 0.165. The van der Waals surface area contributed by atoms with E-state index in [1.54, 1.807) is 14.2 Å². The van der Waals surface area contributed by atoms with Gasteiger partial charge in [-0.05, 0) is 25.1 Å². The molecule has 1 saturated heterocycles. The van der Waals surface area contributed by atoms with Gasteiger partial charge < -0.3 is 24.4 Å². The van der Waals surface area contributed by atoms with Crippen molar-refractivity contribution < 1.29 is 14.2 Å². The molecule has 3 aromatic rings. The van der Waals surface area contributed by atoms with Gasteiger partial charge in [0.1, 0.15) is 17.7 Å². The lowest BCUT2D eigenvalue weighted by Gasteiger charge is -2.41. The van der Waals surface area contributed by atoms with Crippen molar-refractivity contribution >= 4 is 11.5 Å². The Bertz CT molecular complexity index is 1030. The number of hydrogen-bond acceptors (Lipinski definition) is 7. The number of anilines is 1. The summed E-state index contributed by atoms with van der Waals surface area (Å²) in [6, 6.07) is 7.63. The van der Waals surface area contributed by atoms with Crippen LogP contribution in [0.25, 0.3) is 5.65 Å². The molecule has 1 aromatic carbocycles. The molecule has 8 heteroatoms. The molecule has 0 unspecified atom stereocenters. The molecule has 0 amide bonds. The van der Waals surface area contributed by atoms with Crippen LogP contribution in [0.4, 0.5) is 5.82 Å². The van der Waals surface area contributed by atoms with E-state index in [-0.39, 0.29) is 6.10 Å². The average molecular weight is 395 g/mol. The lowest BCUT2D eigenvalue weighted by atomic mass is 10.1. The van der Waals surface area contributed by atoms with Crippen molar-refractivity contribution in [1.82, 2.24) is 19.9 Å². The van der Waals surface area contributed by atoms with Crippen molar-refractivity contribution in [2.24, 2.45) is 0 Å². The Labute approximate surface area is 169 Å². The highest BCUT2D eigenvalue weighted by molar-refractivity contribution is 5.59. The van der Waals surface area contributed by atoms with E-state index in [1.807, 2.05) is 35.0 Å². The molecule has 8 nitrogen and oxygen atoms in total. The van der Waals surface area contributed by atoms with Crippen LogP contribution < -0.4 is 24.4 Å². The fourth-order valence-electron chi connectivity index (χ4n) is 4.11. The van der Waals surface area contributed by atoms with E-state index in [0.717, 1.165) is 56.2 Å². The Kier molecular flexibility index (Phi) is 4.63. The molecule has 1 N–H and O–H groups in total. The maximum atomic E-state index is 6.17. The molecule has 0 spiro atoms. The summed E-state index contributed by atoms with van der Waals surface area (Å²) in [6.45, 7) is 3.56. The van der Waals surface area contributed by atoms with Gasteiger partial charge in [-0.2, -0.15) is 9.61 Å². The Morgan fingerprint density at radius 1 is 1.03 bits per heavy atom. The standard InChI is InChI=1S/C21H25N5O3/c1-27-18-4-3-14(11-19(18)28-2)29-15-12-25(13-15)21-16-5-8-22-9-6-17(16)24-20-7-10-23-26(20)21/h3-4,7,10-11,15,22H,5-6,8-9,12-13H2,1-2H3. The summed E-state index contributed by atoms with van der Waals surface area (Å²) in [5.74, 6) is 3.32. The fourth-order valence-corrected chi connectivity index (χ4v) is 4.11. The number of methoxy groups -OCH3 is 2. The molecule has 2 aliphatic heterocycles. The predicted molar refractivity (Wildman–Crippen MR) is 109 cm³/mol. The number of hydrogen-bond donors (Lipinski definition) is 1. The zero-order chi connectivity index (χ0) is 19.8. The molecule has 0 bridgehead atoms. The molecular weight excluding hydrogens is 370 g/mol. The van der Waals surface area contributed by atoms with Crippen LogP contribution in [0.1, 0.15) is 11.3 Å². The summed E-state index contributed by atoms with van der Waals surface area (Å²) in [5, 5.41) is 8.00. The van der Waals surface area contributed by atoms with Crippen LogP contribution in [-0.2, 0) is 12.8 Å². The highest BCUT2D eigenvalue weighted by Crippen LogP contribution is 2.34. The van der Waals surface area contributed by atoms with Gasteiger partial charge in [-0.15, -0.1) is 0 Å². The second-order valence-corrected chi connectivity index (χ2v) is 7.37. The number of benzene rings is 1. The molecule has 4 heterocycles. The highest BCUT2D eigenvalue weighted by Gasteiger charge is 2.33. The van der Waals surface area contributed by atoms with Crippen molar-refractivity contribution in [3.8, 4) is 17.2 Å². The van der Waals surface area contributed by atoms with E-state index in [2.05, 4.69) is 15.3 Å². The summed E-state index contributed by atoms with van der Waals surface area (Å²) in [4.78, 5) is 7.18. The smallest absolute Gasteiger partial charge is 0.164 e. The third-order valence-corrected chi connectivity index (χ3v) is 5.59. The van der Waals surface area contributed by atoms with Gasteiger partial charge in [0.2, 0.25) is 0 Å². The second kappa shape index (κ2) is 7.44. The number of nitrogens with zero attached hydrogens (tertiary/aromatic N) is 4. The van der Waals surface area contributed by atoms with E-state index in [1.165, 1.54) is 11.3 Å². The number of aromatic nitrogens is 3. The zero-order valence-electron chi connectivity index (χ0n) is 16.7. The van der Waals surface area contributed by atoms with Gasteiger partial charge in [-0.1, -0.05) is 0 Å². The third kappa shape index (κ3) is 3.23. The monoisotopic (exact) mass is 395 g/mol. The van der Waals surface area contributed by atoms with E-state index >= 15 is 0 Å². The lowest BCUT2D eigenvalue weighted by Crippen LogP contribution is -2.55. The van der Waals surface area contributed by atoms with Crippen LogP contribution in [0.5, 0.6) is 17.2 Å². The summed E-state index contributed by atoms with van der Waals surface area (Å²) >= 11 is 0. The van der Waals surface area contributed by atoms with E-state index in [4.69, 9.17) is 19.2 Å². The molecule has 0 radical (unpaired) electrons. The first-order chi connectivity index (χ1) is 14.3. The van der Waals surface area contributed by atoms with Gasteiger partial charge in [0, 0.05) is 30.7 Å². The molecule has 2 aliphatic rings. The van der Waals surface area contributed by atoms with E-state index < -0.39 is 0 Å². The maximum Gasteiger partial charge on any atom is 0.164 e. The minimum absolute atomic E-state index is 0.117. The number of rotatable bonds is 5. The third-order valence-electron chi connectivity index (χ3n) is 5.59. The molecule has 0 atom stereocenters. The maximum absolute atomic E-state index is 6.17. The van der Waals surface area contributed by atoms with E-state index in [0.29, 0.717) is 11.5 Å². The SMILES string of the molecule is COc1ccc(OC2CN(c3c4c(nc5ccnn35)CCNCC4)C2)cc1OC. The van der Waals surface area contributed by atoms with Crippen LogP contribution >= 0.6 is 0 Å². The minimum atomic E-state index is 0.117. The Balaban J connectivity index is 1.36. The van der Waals surface area contributed by atoms with Crippen molar-refractivity contribution in [3.63, 3.8) is 0 Å². The quantitative estimate of drug-likeness (QED) is 0.705. The van der Waals surface area contributed by atoms with Crippen LogP contribution in [0.3, 0.4) is 0 Å². The molecule has 29 heavy (non-hydrogen) atoms. The summed E-state index contributed by atoms with van der Waals surface area (Å²) in [5.41, 5.74) is 3.39. The fraction of sp³-hybridized carbons (Fsp3) is 0.429. The molecule has 152 valence electrons. The second-order valence-electron chi connectivity index (χ2n) is 7.37. The van der Waals surface area contributed by atoms with Gasteiger partial charge in [0.25, 0.3) is 0 Å². The van der Waals surface area contributed by atoms with Crippen molar-refractivity contribution in [2.75, 3.05) is 45.3 Å². The predicted octanol–water partition coefficient (Wildman–Crippen LogP) is 1.70. The first-order valence-electron chi connectivity index (χ1n) is 9.96. The zero-order valence-corrected chi connectivity index (χ0v) is 16.7. The topological polar surface area (TPSA) is 73.2 Å². The summed E-state index contributed by atoms with van der Waals surface area (Å²) in [6.07, 6.45) is 3.85. The van der Waals surface area contributed by atoms with Gasteiger partial charge in [-0.3, -0.25) is 0 Å². The Morgan fingerprint density at radius 3 is 2.69 bits per heavy atom. The van der Waals surface area contributed by atoms with Crippen molar-refractivity contribution in [3.05, 3.63) is 41.7 Å².